The van der Waals surface area contributed by atoms with Crippen LogP contribution in [0.15, 0.2) is 42.5 Å². The van der Waals surface area contributed by atoms with E-state index < -0.39 is 17.8 Å². The largest absolute Gasteiger partial charge is 0.492 e. The molecule has 1 aliphatic heterocycles. The second kappa shape index (κ2) is 9.98. The van der Waals surface area contributed by atoms with Crippen molar-refractivity contribution in [3.05, 3.63) is 59.4 Å². The van der Waals surface area contributed by atoms with E-state index >= 15 is 0 Å². The van der Waals surface area contributed by atoms with Crippen molar-refractivity contribution in [3.8, 4) is 5.75 Å². The van der Waals surface area contributed by atoms with E-state index in [9.17, 15) is 19.5 Å². The number of aliphatic hydroxyl groups excluding tert-OH is 1. The fourth-order valence-corrected chi connectivity index (χ4v) is 3.99. The lowest BCUT2D eigenvalue weighted by Gasteiger charge is -2.19. The second-order valence-electron chi connectivity index (χ2n) is 9.66. The Bertz CT molecular complexity index is 1270. The van der Waals surface area contributed by atoms with E-state index in [1.54, 1.807) is 74.7 Å². The molecule has 3 amide bonds. The van der Waals surface area contributed by atoms with Crippen LogP contribution < -0.4 is 10.1 Å². The predicted molar refractivity (Wildman–Crippen MR) is 132 cm³/mol. The van der Waals surface area contributed by atoms with Crippen molar-refractivity contribution in [2.45, 2.75) is 52.5 Å². The Balaban J connectivity index is 1.50. The maximum absolute atomic E-state index is 12.8. The first-order valence-corrected chi connectivity index (χ1v) is 11.8. The van der Waals surface area contributed by atoms with Gasteiger partial charge in [-0.05, 0) is 52.0 Å². The molecule has 0 radical (unpaired) electrons. The summed E-state index contributed by atoms with van der Waals surface area (Å²) in [7, 11) is 0. The Morgan fingerprint density at radius 2 is 1.78 bits per heavy atom. The molecule has 2 aromatic carbocycles. The number of nitrogens with zero attached hydrogens (tertiary/aromatic N) is 3. The number of aliphatic hydroxyl groups is 1. The lowest BCUT2D eigenvalue weighted by molar-refractivity contribution is 0.0519. The van der Waals surface area contributed by atoms with Crippen molar-refractivity contribution >= 4 is 28.9 Å². The molecule has 36 heavy (non-hydrogen) atoms. The van der Waals surface area contributed by atoms with Gasteiger partial charge in [0.25, 0.3) is 11.8 Å². The zero-order valence-electron chi connectivity index (χ0n) is 20.8. The van der Waals surface area contributed by atoms with E-state index in [0.717, 1.165) is 0 Å². The molecule has 1 atom stereocenters. The predicted octanol–water partition coefficient (Wildman–Crippen LogP) is 3.12. The molecular formula is C26H30N4O6. The van der Waals surface area contributed by atoms with Crippen molar-refractivity contribution in [3.63, 3.8) is 0 Å². The quantitative estimate of drug-likeness (QED) is 0.364. The molecule has 10 nitrogen and oxygen atoms in total. The van der Waals surface area contributed by atoms with Gasteiger partial charge in [0, 0.05) is 6.07 Å². The summed E-state index contributed by atoms with van der Waals surface area (Å²) in [6.45, 7) is 7.69. The van der Waals surface area contributed by atoms with Crippen LogP contribution in [0.25, 0.3) is 11.0 Å². The van der Waals surface area contributed by atoms with Crippen molar-refractivity contribution < 1.29 is 29.0 Å². The molecular weight excluding hydrogens is 464 g/mol. The minimum atomic E-state index is -0.689. The number of fused-ring (bicyclic) bond motifs is 2. The number of rotatable bonds is 8. The Morgan fingerprint density at radius 1 is 1.11 bits per heavy atom. The van der Waals surface area contributed by atoms with E-state index in [4.69, 9.17) is 9.47 Å². The summed E-state index contributed by atoms with van der Waals surface area (Å²) in [5, 5.41) is 12.7. The van der Waals surface area contributed by atoms with E-state index in [-0.39, 0.29) is 38.1 Å². The third kappa shape index (κ3) is 5.49. The first-order chi connectivity index (χ1) is 17.0. The van der Waals surface area contributed by atoms with Gasteiger partial charge in [-0.1, -0.05) is 12.1 Å². The second-order valence-corrected chi connectivity index (χ2v) is 9.66. The lowest BCUT2D eigenvalue weighted by atomic mass is 10.1. The number of amides is 3. The molecule has 2 heterocycles. The molecule has 3 aromatic rings. The number of aromatic nitrogens is 2. The minimum absolute atomic E-state index is 0.0241. The highest BCUT2D eigenvalue weighted by atomic mass is 16.6. The number of carbonyl (C=O) groups is 3. The molecule has 1 aliphatic rings. The average Bonchev–Trinajstić information content (AvgIpc) is 3.25. The van der Waals surface area contributed by atoms with Gasteiger partial charge in [0.15, 0.2) is 0 Å². The first kappa shape index (κ1) is 25.2. The molecule has 1 unspecified atom stereocenters. The molecule has 1 aromatic heterocycles. The highest BCUT2D eigenvalue weighted by molar-refractivity contribution is 6.21. The monoisotopic (exact) mass is 494 g/mol. The first-order valence-electron chi connectivity index (χ1n) is 11.8. The summed E-state index contributed by atoms with van der Waals surface area (Å²) in [6.07, 6.45) is -1.21. The molecule has 190 valence electrons. The van der Waals surface area contributed by atoms with Gasteiger partial charge in [0.05, 0.1) is 47.9 Å². The van der Waals surface area contributed by atoms with Crippen LogP contribution in [0.1, 0.15) is 54.2 Å². The molecule has 0 saturated carbocycles. The number of ether oxygens (including phenoxy) is 2. The zero-order chi connectivity index (χ0) is 26.0. The third-order valence-electron chi connectivity index (χ3n) is 5.46. The van der Waals surface area contributed by atoms with E-state index in [2.05, 4.69) is 10.3 Å². The number of benzene rings is 2. The van der Waals surface area contributed by atoms with Crippen molar-refractivity contribution in [2.24, 2.45) is 0 Å². The maximum Gasteiger partial charge on any atom is 0.407 e. The van der Waals surface area contributed by atoms with Crippen molar-refractivity contribution in [2.75, 3.05) is 13.2 Å². The molecule has 0 spiro atoms. The number of imidazole rings is 1. The number of alkyl carbamates (subject to hydrolysis) is 1. The summed E-state index contributed by atoms with van der Waals surface area (Å²) >= 11 is 0. The Labute approximate surface area is 208 Å². The van der Waals surface area contributed by atoms with Crippen LogP contribution in [0, 0.1) is 0 Å². The molecule has 4 rings (SSSR count). The van der Waals surface area contributed by atoms with Gasteiger partial charge < -0.3 is 24.5 Å². The lowest BCUT2D eigenvalue weighted by Crippen LogP contribution is -2.34. The Kier molecular flexibility index (Phi) is 6.98. The van der Waals surface area contributed by atoms with Crippen molar-refractivity contribution in [1.82, 2.24) is 19.8 Å². The van der Waals surface area contributed by atoms with Gasteiger partial charge in [-0.2, -0.15) is 0 Å². The van der Waals surface area contributed by atoms with Gasteiger partial charge in [0.2, 0.25) is 0 Å². The molecule has 0 bridgehead atoms. The molecule has 10 heteroatoms. The molecule has 0 fully saturated rings. The summed E-state index contributed by atoms with van der Waals surface area (Å²) in [5.74, 6) is 0.289. The van der Waals surface area contributed by atoms with Crippen LogP contribution in [0.3, 0.4) is 0 Å². The normalized spacial score (nSPS) is 14.2. The number of carbonyl (C=O) groups excluding carboxylic acids is 3. The van der Waals surface area contributed by atoms with Crippen LogP contribution in [-0.2, 0) is 17.8 Å². The van der Waals surface area contributed by atoms with Gasteiger partial charge in [-0.3, -0.25) is 14.5 Å². The summed E-state index contributed by atoms with van der Waals surface area (Å²) < 4.78 is 12.8. The SMILES string of the molecule is CC(O)Cn1c(CN2C(=O)c3ccccc3C2=O)nc2ccc(OCCNC(=O)OC(C)(C)C)cc21. The van der Waals surface area contributed by atoms with E-state index in [0.29, 0.717) is 33.7 Å². The average molecular weight is 495 g/mol. The van der Waals surface area contributed by atoms with Gasteiger partial charge in [-0.25, -0.2) is 9.78 Å². The number of imide groups is 1. The molecule has 0 aliphatic carbocycles. The highest BCUT2D eigenvalue weighted by Gasteiger charge is 2.36. The highest BCUT2D eigenvalue weighted by Crippen LogP contribution is 2.27. The summed E-state index contributed by atoms with van der Waals surface area (Å²) in [6, 6.07) is 12.0. The smallest absolute Gasteiger partial charge is 0.407 e. The van der Waals surface area contributed by atoms with Crippen LogP contribution in [0.5, 0.6) is 5.75 Å². The third-order valence-corrected chi connectivity index (χ3v) is 5.46. The van der Waals surface area contributed by atoms with Gasteiger partial charge in [-0.15, -0.1) is 0 Å². The van der Waals surface area contributed by atoms with Crippen LogP contribution in [-0.4, -0.2) is 62.3 Å². The Hall–Kier alpha value is -3.92. The van der Waals surface area contributed by atoms with E-state index in [1.807, 2.05) is 0 Å². The minimum Gasteiger partial charge on any atom is -0.492 e. The molecule has 0 saturated heterocycles. The Morgan fingerprint density at radius 3 is 2.39 bits per heavy atom. The maximum atomic E-state index is 12.8. The zero-order valence-corrected chi connectivity index (χ0v) is 20.8. The fourth-order valence-electron chi connectivity index (χ4n) is 3.99. The number of hydrogen-bond acceptors (Lipinski definition) is 7. The summed E-state index contributed by atoms with van der Waals surface area (Å²) in [5.41, 5.74) is 1.50. The van der Waals surface area contributed by atoms with Crippen LogP contribution in [0.4, 0.5) is 4.79 Å². The summed E-state index contributed by atoms with van der Waals surface area (Å²) in [4.78, 5) is 43.3. The number of hydrogen-bond donors (Lipinski definition) is 2. The van der Waals surface area contributed by atoms with E-state index in [1.165, 1.54) is 4.90 Å². The van der Waals surface area contributed by atoms with Crippen LogP contribution in [0.2, 0.25) is 0 Å². The fraction of sp³-hybridized carbons (Fsp3) is 0.385. The standard InChI is InChI=1S/C26H30N4O6/c1-16(31)14-29-21-13-17(35-12-11-27-25(34)36-26(2,3)4)9-10-20(21)28-22(29)15-30-23(32)18-7-5-6-8-19(18)24(30)33/h5-10,13,16,31H,11-12,14-15H2,1-4H3,(H,27,34). The van der Waals surface area contributed by atoms with Crippen molar-refractivity contribution in [1.29, 1.82) is 0 Å². The number of nitrogens with one attached hydrogen (secondary N) is 1. The molecule has 2 N–H and O–H groups in total. The van der Waals surface area contributed by atoms with Gasteiger partial charge in [0.1, 0.15) is 23.8 Å². The van der Waals surface area contributed by atoms with Crippen LogP contribution >= 0.6 is 0 Å². The topological polar surface area (TPSA) is 123 Å². The van der Waals surface area contributed by atoms with Gasteiger partial charge >= 0.3 is 6.09 Å².